The molecule has 2 heterocycles. The molecule has 0 bridgehead atoms. The Bertz CT molecular complexity index is 556. The Kier molecular flexibility index (Phi) is 5.06. The number of hydrogen-bond donors (Lipinski definition) is 1. The molecule has 114 valence electrons. The van der Waals surface area contributed by atoms with E-state index in [-0.39, 0.29) is 17.0 Å². The molecule has 0 amide bonds. The fourth-order valence-electron chi connectivity index (χ4n) is 2.42. The molecule has 1 aliphatic rings. The fourth-order valence-corrected chi connectivity index (χ4v) is 4.50. The van der Waals surface area contributed by atoms with E-state index in [4.69, 9.17) is 16.3 Å². The van der Waals surface area contributed by atoms with Crippen LogP contribution in [-0.2, 0) is 20.6 Å². The van der Waals surface area contributed by atoms with Gasteiger partial charge in [-0.15, -0.1) is 11.6 Å². The van der Waals surface area contributed by atoms with E-state index in [1.165, 1.54) is 4.31 Å². The highest BCUT2D eigenvalue weighted by Gasteiger charge is 2.34. The Balaban J connectivity index is 2.25. The maximum Gasteiger partial charge on any atom is 0.262 e. The number of piperidine rings is 1. The molecule has 8 heteroatoms. The molecule has 0 radical (unpaired) electrons. The maximum atomic E-state index is 12.7. The van der Waals surface area contributed by atoms with Crippen molar-refractivity contribution in [3.05, 3.63) is 11.3 Å². The normalized spacial score (nSPS) is 21.2. The smallest absolute Gasteiger partial charge is 0.262 e. The van der Waals surface area contributed by atoms with Crippen molar-refractivity contribution >= 4 is 21.6 Å². The molecule has 6 nitrogen and oxygen atoms in total. The Morgan fingerprint density at radius 1 is 1.55 bits per heavy atom. The number of aromatic amines is 1. The minimum atomic E-state index is -3.61. The molecule has 1 unspecified atom stereocenters. The molecule has 0 aliphatic carbocycles. The maximum absolute atomic E-state index is 12.7. The minimum Gasteiger partial charge on any atom is -0.377 e. The number of nitrogens with one attached hydrogen (secondary N) is 1. The number of alkyl halides is 1. The molecule has 0 spiro atoms. The average molecular weight is 322 g/mol. The average Bonchev–Trinajstić information content (AvgIpc) is 2.81. The Morgan fingerprint density at radius 3 is 2.95 bits per heavy atom. The van der Waals surface area contributed by atoms with Gasteiger partial charge in [0.2, 0.25) is 0 Å². The highest BCUT2D eigenvalue weighted by molar-refractivity contribution is 7.89. The first-order chi connectivity index (χ1) is 9.50. The topological polar surface area (TPSA) is 75.3 Å². The van der Waals surface area contributed by atoms with E-state index in [9.17, 15) is 8.42 Å². The van der Waals surface area contributed by atoms with Gasteiger partial charge in [-0.25, -0.2) is 8.42 Å². The van der Waals surface area contributed by atoms with Crippen LogP contribution in [0.15, 0.2) is 5.03 Å². The van der Waals surface area contributed by atoms with E-state index in [1.54, 1.807) is 6.92 Å². The predicted molar refractivity (Wildman–Crippen MR) is 76.3 cm³/mol. The minimum absolute atomic E-state index is 0.0389. The lowest BCUT2D eigenvalue weighted by Gasteiger charge is -2.31. The van der Waals surface area contributed by atoms with Gasteiger partial charge < -0.3 is 4.74 Å². The van der Waals surface area contributed by atoms with Gasteiger partial charge in [0.1, 0.15) is 0 Å². The van der Waals surface area contributed by atoms with Crippen molar-refractivity contribution in [1.29, 1.82) is 0 Å². The van der Waals surface area contributed by atoms with E-state index >= 15 is 0 Å². The zero-order chi connectivity index (χ0) is 14.8. The second kappa shape index (κ2) is 6.43. The van der Waals surface area contributed by atoms with Crippen LogP contribution in [0.4, 0.5) is 0 Å². The number of H-pyrrole nitrogens is 1. The third-order valence-electron chi connectivity index (χ3n) is 3.50. The Hall–Kier alpha value is -0.630. The van der Waals surface area contributed by atoms with Gasteiger partial charge in [-0.2, -0.15) is 9.40 Å². The highest BCUT2D eigenvalue weighted by atomic mass is 35.5. The zero-order valence-corrected chi connectivity index (χ0v) is 13.3. The van der Waals surface area contributed by atoms with Gasteiger partial charge >= 0.3 is 0 Å². The molecule has 0 saturated carbocycles. The van der Waals surface area contributed by atoms with Crippen LogP contribution in [-0.4, -0.2) is 48.7 Å². The third kappa shape index (κ3) is 3.00. The highest BCUT2D eigenvalue weighted by Crippen LogP contribution is 2.25. The van der Waals surface area contributed by atoms with Gasteiger partial charge in [0.05, 0.1) is 12.0 Å². The van der Waals surface area contributed by atoms with Crippen molar-refractivity contribution in [2.45, 2.75) is 43.7 Å². The van der Waals surface area contributed by atoms with Gasteiger partial charge in [0.25, 0.3) is 10.0 Å². The van der Waals surface area contributed by atoms with Crippen molar-refractivity contribution in [2.75, 3.05) is 19.7 Å². The van der Waals surface area contributed by atoms with E-state index in [1.807, 2.05) is 6.92 Å². The van der Waals surface area contributed by atoms with E-state index in [2.05, 4.69) is 10.2 Å². The summed E-state index contributed by atoms with van der Waals surface area (Å²) in [5.74, 6) is 0.125. The first-order valence-corrected chi connectivity index (χ1v) is 8.69. The molecule has 1 atom stereocenters. The number of nitrogens with zero attached hydrogens (tertiary/aromatic N) is 2. The molecule has 2 rings (SSSR count). The van der Waals surface area contributed by atoms with Gasteiger partial charge in [0, 0.05) is 31.0 Å². The number of sulfonamides is 1. The van der Waals surface area contributed by atoms with E-state index in [0.29, 0.717) is 31.0 Å². The van der Waals surface area contributed by atoms with Crippen molar-refractivity contribution < 1.29 is 13.2 Å². The van der Waals surface area contributed by atoms with Crippen LogP contribution in [0.1, 0.15) is 31.0 Å². The van der Waals surface area contributed by atoms with Crippen molar-refractivity contribution in [1.82, 2.24) is 14.5 Å². The van der Waals surface area contributed by atoms with Crippen LogP contribution < -0.4 is 0 Å². The summed E-state index contributed by atoms with van der Waals surface area (Å²) in [6, 6.07) is 0. The standard InChI is InChI=1S/C12H20ClN3O3S/c1-3-19-10-5-4-6-16(8-10)20(17,18)12-11(7-13)9(2)14-15-12/h10H,3-8H2,1-2H3,(H,14,15). The summed E-state index contributed by atoms with van der Waals surface area (Å²) in [5.41, 5.74) is 1.24. The molecule has 1 aromatic rings. The van der Waals surface area contributed by atoms with Crippen LogP contribution in [0.2, 0.25) is 0 Å². The van der Waals surface area contributed by atoms with E-state index in [0.717, 1.165) is 12.8 Å². The SMILES string of the molecule is CCOC1CCCN(S(=O)(=O)c2n[nH]c(C)c2CCl)C1. The van der Waals surface area contributed by atoms with Gasteiger partial charge in [-0.05, 0) is 26.7 Å². The summed E-state index contributed by atoms with van der Waals surface area (Å²) >= 11 is 5.83. The molecular formula is C12H20ClN3O3S. The lowest BCUT2D eigenvalue weighted by molar-refractivity contribution is 0.0264. The quantitative estimate of drug-likeness (QED) is 0.837. The molecule has 1 N–H and O–H groups in total. The summed E-state index contributed by atoms with van der Waals surface area (Å²) < 4.78 is 32.3. The zero-order valence-electron chi connectivity index (χ0n) is 11.7. The van der Waals surface area contributed by atoms with E-state index < -0.39 is 10.0 Å². The monoisotopic (exact) mass is 321 g/mol. The van der Waals surface area contributed by atoms with Crippen LogP contribution >= 0.6 is 11.6 Å². The summed E-state index contributed by atoms with van der Waals surface area (Å²) in [4.78, 5) is 0. The van der Waals surface area contributed by atoms with Crippen LogP contribution in [0.25, 0.3) is 0 Å². The summed E-state index contributed by atoms with van der Waals surface area (Å²) in [6.07, 6.45) is 1.65. The van der Waals surface area contributed by atoms with Gasteiger partial charge in [-0.3, -0.25) is 5.10 Å². The first-order valence-electron chi connectivity index (χ1n) is 6.72. The fraction of sp³-hybridized carbons (Fsp3) is 0.750. The lowest BCUT2D eigenvalue weighted by atomic mass is 10.1. The third-order valence-corrected chi connectivity index (χ3v) is 5.60. The van der Waals surface area contributed by atoms with Crippen LogP contribution in [0.5, 0.6) is 0 Å². The van der Waals surface area contributed by atoms with Gasteiger partial charge in [-0.1, -0.05) is 0 Å². The lowest BCUT2D eigenvalue weighted by Crippen LogP contribution is -2.43. The van der Waals surface area contributed by atoms with Crippen LogP contribution in [0, 0.1) is 6.92 Å². The van der Waals surface area contributed by atoms with Crippen molar-refractivity contribution in [3.63, 3.8) is 0 Å². The molecule has 1 aliphatic heterocycles. The Labute approximate surface area is 124 Å². The van der Waals surface area contributed by atoms with Crippen LogP contribution in [0.3, 0.4) is 0 Å². The number of hydrogen-bond acceptors (Lipinski definition) is 4. The molecule has 20 heavy (non-hydrogen) atoms. The number of aryl methyl sites for hydroxylation is 1. The van der Waals surface area contributed by atoms with Crippen molar-refractivity contribution in [3.8, 4) is 0 Å². The first kappa shape index (κ1) is 15.8. The molecule has 1 fully saturated rings. The molecule has 1 aromatic heterocycles. The number of halogens is 1. The number of aromatic nitrogens is 2. The van der Waals surface area contributed by atoms with Gasteiger partial charge in [0.15, 0.2) is 5.03 Å². The van der Waals surface area contributed by atoms with Crippen molar-refractivity contribution in [2.24, 2.45) is 0 Å². The summed E-state index contributed by atoms with van der Waals surface area (Å²) in [6.45, 7) is 5.15. The molecule has 1 saturated heterocycles. The largest absolute Gasteiger partial charge is 0.377 e. The summed E-state index contributed by atoms with van der Waals surface area (Å²) in [7, 11) is -3.61. The summed E-state index contributed by atoms with van der Waals surface area (Å²) in [5, 5.41) is 6.67. The second-order valence-electron chi connectivity index (χ2n) is 4.85. The molecular weight excluding hydrogens is 302 g/mol. The number of ether oxygens (including phenoxy) is 1. The Morgan fingerprint density at radius 2 is 2.30 bits per heavy atom. The second-order valence-corrected chi connectivity index (χ2v) is 6.97. The number of rotatable bonds is 5. The molecule has 0 aromatic carbocycles. The predicted octanol–water partition coefficient (Wildman–Crippen LogP) is 1.65.